The van der Waals surface area contributed by atoms with Crippen LogP contribution in [0.5, 0.6) is 0 Å². The van der Waals surface area contributed by atoms with Crippen LogP contribution in [-0.2, 0) is 27.9 Å². The molecule has 0 fully saturated rings. The second-order valence-corrected chi connectivity index (χ2v) is 11.8. The van der Waals surface area contributed by atoms with Crippen LogP contribution in [0, 0.1) is 0 Å². The van der Waals surface area contributed by atoms with E-state index in [1.165, 1.54) is 17.4 Å². The number of rotatable bonds is 13. The van der Waals surface area contributed by atoms with E-state index in [1.807, 2.05) is 78.1 Å². The molecule has 32 heavy (non-hydrogen) atoms. The molecule has 6 heteroatoms. The molecule has 3 rings (SSSR count). The molecule has 0 saturated heterocycles. The number of nitrogens with zero attached hydrogens (tertiary/aromatic N) is 1. The summed E-state index contributed by atoms with van der Waals surface area (Å²) in [6.07, 6.45) is 2.06. The van der Waals surface area contributed by atoms with E-state index in [2.05, 4.69) is 36.4 Å². The highest BCUT2D eigenvalue weighted by Gasteiger charge is 2.26. The number of hydrogen-bond acceptors (Lipinski definition) is 4. The minimum absolute atomic E-state index is 0.0452. The van der Waals surface area contributed by atoms with Crippen molar-refractivity contribution in [3.05, 3.63) is 108 Å². The minimum Gasteiger partial charge on any atom is -0.212 e. The van der Waals surface area contributed by atoms with E-state index in [0.717, 1.165) is 35.0 Å². The first-order valence-corrected chi connectivity index (χ1v) is 14.9. The zero-order valence-electron chi connectivity index (χ0n) is 18.5. The van der Waals surface area contributed by atoms with Crippen molar-refractivity contribution >= 4 is 33.5 Å². The van der Waals surface area contributed by atoms with E-state index < -0.39 is 10.0 Å². The SMILES string of the molecule is CS(=O)(=O)N(CCc1ccccc1)C(CSCc1ccccc1)CSCc1ccccc1. The number of hydrogen-bond donors (Lipinski definition) is 0. The van der Waals surface area contributed by atoms with Crippen molar-refractivity contribution in [2.45, 2.75) is 24.0 Å². The summed E-state index contributed by atoms with van der Waals surface area (Å²) >= 11 is 3.61. The molecular formula is C26H31NO2S3. The van der Waals surface area contributed by atoms with Crippen LogP contribution in [0.4, 0.5) is 0 Å². The molecule has 3 aromatic carbocycles. The fourth-order valence-electron chi connectivity index (χ4n) is 3.49. The smallest absolute Gasteiger partial charge is 0.211 e. The summed E-state index contributed by atoms with van der Waals surface area (Å²) in [5.41, 5.74) is 3.69. The fourth-order valence-corrected chi connectivity index (χ4v) is 7.17. The topological polar surface area (TPSA) is 37.4 Å². The lowest BCUT2D eigenvalue weighted by Gasteiger charge is -2.29. The summed E-state index contributed by atoms with van der Waals surface area (Å²) < 4.78 is 27.3. The van der Waals surface area contributed by atoms with Crippen molar-refractivity contribution in [3.8, 4) is 0 Å². The first kappa shape index (κ1) is 24.9. The number of benzene rings is 3. The highest BCUT2D eigenvalue weighted by molar-refractivity contribution is 7.99. The summed E-state index contributed by atoms with van der Waals surface area (Å²) in [5.74, 6) is 3.32. The van der Waals surface area contributed by atoms with E-state index in [1.54, 1.807) is 4.31 Å². The average molecular weight is 486 g/mol. The zero-order valence-corrected chi connectivity index (χ0v) is 20.9. The van der Waals surface area contributed by atoms with Crippen LogP contribution in [0.1, 0.15) is 16.7 Å². The first-order valence-electron chi connectivity index (χ1n) is 10.8. The lowest BCUT2D eigenvalue weighted by Crippen LogP contribution is -2.44. The van der Waals surface area contributed by atoms with Crippen LogP contribution in [0.3, 0.4) is 0 Å². The molecule has 0 heterocycles. The third-order valence-corrected chi connectivity index (χ3v) is 8.79. The van der Waals surface area contributed by atoms with Gasteiger partial charge < -0.3 is 0 Å². The molecule has 0 saturated carbocycles. The van der Waals surface area contributed by atoms with Gasteiger partial charge in [-0.25, -0.2) is 8.42 Å². The minimum atomic E-state index is -3.32. The number of sulfonamides is 1. The van der Waals surface area contributed by atoms with Gasteiger partial charge in [0.15, 0.2) is 0 Å². The van der Waals surface area contributed by atoms with Crippen molar-refractivity contribution in [1.82, 2.24) is 4.31 Å². The molecular weight excluding hydrogens is 454 g/mol. The molecule has 0 amide bonds. The zero-order chi connectivity index (χ0) is 22.7. The van der Waals surface area contributed by atoms with E-state index in [4.69, 9.17) is 0 Å². The molecule has 3 nitrogen and oxygen atoms in total. The van der Waals surface area contributed by atoms with Gasteiger partial charge in [-0.3, -0.25) is 0 Å². The summed E-state index contributed by atoms with van der Waals surface area (Å²) in [4.78, 5) is 0. The van der Waals surface area contributed by atoms with Crippen molar-refractivity contribution < 1.29 is 8.42 Å². The van der Waals surface area contributed by atoms with E-state index in [0.29, 0.717) is 6.54 Å². The molecule has 0 bridgehead atoms. The Bertz CT molecular complexity index is 967. The summed E-state index contributed by atoms with van der Waals surface area (Å²) in [7, 11) is -3.32. The third kappa shape index (κ3) is 8.66. The normalized spacial score (nSPS) is 11.8. The largest absolute Gasteiger partial charge is 0.212 e. The number of thioether (sulfide) groups is 2. The van der Waals surface area contributed by atoms with Gasteiger partial charge in [-0.15, -0.1) is 0 Å². The Labute approximate surface area is 201 Å². The second kappa shape index (κ2) is 13.1. The maximum absolute atomic E-state index is 12.8. The standard InChI is InChI=1S/C26H31NO2S3/c1-32(28,29)27(18-17-23-11-5-2-6-12-23)26(21-30-19-24-13-7-3-8-14-24)22-31-20-25-15-9-4-10-16-25/h2-16,26H,17-22H2,1H3. The molecule has 0 spiro atoms. The Hall–Kier alpha value is -1.73. The summed E-state index contributed by atoms with van der Waals surface area (Å²) in [6, 6.07) is 30.8. The molecule has 0 aliphatic heterocycles. The van der Waals surface area contributed by atoms with Crippen LogP contribution in [-0.4, -0.2) is 43.1 Å². The Morgan fingerprint density at radius 1 is 0.688 bits per heavy atom. The average Bonchev–Trinajstić information content (AvgIpc) is 2.80. The van der Waals surface area contributed by atoms with E-state index in [9.17, 15) is 8.42 Å². The van der Waals surface area contributed by atoms with Crippen LogP contribution >= 0.6 is 23.5 Å². The van der Waals surface area contributed by atoms with Crippen LogP contribution in [0.15, 0.2) is 91.0 Å². The van der Waals surface area contributed by atoms with Gasteiger partial charge in [0.05, 0.1) is 6.26 Å². The van der Waals surface area contributed by atoms with Gasteiger partial charge in [-0.1, -0.05) is 91.0 Å². The Balaban J connectivity index is 1.67. The molecule has 0 aliphatic carbocycles. The lowest BCUT2D eigenvalue weighted by atomic mass is 10.1. The van der Waals surface area contributed by atoms with Gasteiger partial charge >= 0.3 is 0 Å². The van der Waals surface area contributed by atoms with Crippen LogP contribution in [0.2, 0.25) is 0 Å². The molecule has 0 atom stereocenters. The molecule has 0 aliphatic rings. The van der Waals surface area contributed by atoms with E-state index in [-0.39, 0.29) is 6.04 Å². The van der Waals surface area contributed by atoms with Crippen molar-refractivity contribution in [2.75, 3.05) is 24.3 Å². The first-order chi connectivity index (χ1) is 15.5. The molecule has 0 aromatic heterocycles. The van der Waals surface area contributed by atoms with Crippen LogP contribution in [0.25, 0.3) is 0 Å². The highest BCUT2D eigenvalue weighted by Crippen LogP contribution is 2.22. The van der Waals surface area contributed by atoms with Crippen molar-refractivity contribution in [3.63, 3.8) is 0 Å². The predicted molar refractivity (Wildman–Crippen MR) is 141 cm³/mol. The van der Waals surface area contributed by atoms with Crippen molar-refractivity contribution in [2.24, 2.45) is 0 Å². The molecule has 170 valence electrons. The molecule has 0 N–H and O–H groups in total. The Morgan fingerprint density at radius 2 is 1.09 bits per heavy atom. The maximum atomic E-state index is 12.8. The van der Waals surface area contributed by atoms with Gasteiger partial charge in [0.2, 0.25) is 10.0 Å². The Morgan fingerprint density at radius 3 is 1.50 bits per heavy atom. The van der Waals surface area contributed by atoms with Gasteiger partial charge in [0, 0.05) is 35.6 Å². The van der Waals surface area contributed by atoms with Gasteiger partial charge in [-0.2, -0.15) is 27.8 Å². The quantitative estimate of drug-likeness (QED) is 0.310. The van der Waals surface area contributed by atoms with Gasteiger partial charge in [-0.05, 0) is 23.1 Å². The van der Waals surface area contributed by atoms with Gasteiger partial charge in [0.1, 0.15) is 0 Å². The fraction of sp³-hybridized carbons (Fsp3) is 0.308. The molecule has 0 radical (unpaired) electrons. The van der Waals surface area contributed by atoms with Gasteiger partial charge in [0.25, 0.3) is 0 Å². The Kier molecular flexibility index (Phi) is 10.2. The van der Waals surface area contributed by atoms with E-state index >= 15 is 0 Å². The molecule has 3 aromatic rings. The third-order valence-electron chi connectivity index (χ3n) is 5.14. The predicted octanol–water partition coefficient (Wildman–Crippen LogP) is 5.73. The molecule has 0 unspecified atom stereocenters. The lowest BCUT2D eigenvalue weighted by molar-refractivity contribution is 0.368. The second-order valence-electron chi connectivity index (χ2n) is 7.76. The monoisotopic (exact) mass is 485 g/mol. The van der Waals surface area contributed by atoms with Crippen molar-refractivity contribution in [1.29, 1.82) is 0 Å². The summed E-state index contributed by atoms with van der Waals surface area (Å²) in [5, 5.41) is 0. The summed E-state index contributed by atoms with van der Waals surface area (Å²) in [6.45, 7) is 0.505. The maximum Gasteiger partial charge on any atom is 0.211 e. The van der Waals surface area contributed by atoms with Crippen LogP contribution < -0.4 is 0 Å². The highest BCUT2D eigenvalue weighted by atomic mass is 32.2.